The fraction of sp³-hybridized carbons (Fsp3) is 0.250. The molecule has 5 heteroatoms. The SMILES string of the molecule is C[SiH](Cc1ccccc1)O[SiH2]O[SiH3]. The summed E-state index contributed by atoms with van der Waals surface area (Å²) in [6.45, 7) is 2.24. The molecule has 1 rings (SSSR count). The summed E-state index contributed by atoms with van der Waals surface area (Å²) in [4.78, 5) is 0. The van der Waals surface area contributed by atoms with Crippen LogP contribution in [0.15, 0.2) is 30.3 Å². The van der Waals surface area contributed by atoms with E-state index < -0.39 is 19.0 Å². The Kier molecular flexibility index (Phi) is 5.25. The number of rotatable bonds is 5. The summed E-state index contributed by atoms with van der Waals surface area (Å²) >= 11 is 0. The van der Waals surface area contributed by atoms with E-state index >= 15 is 0 Å². The zero-order valence-electron chi connectivity index (χ0n) is 8.19. The lowest BCUT2D eigenvalue weighted by molar-refractivity contribution is 0.490. The van der Waals surface area contributed by atoms with E-state index in [9.17, 15) is 0 Å². The van der Waals surface area contributed by atoms with Crippen LogP contribution in [0, 0.1) is 0 Å². The summed E-state index contributed by atoms with van der Waals surface area (Å²) in [5.41, 5.74) is 1.39. The van der Waals surface area contributed by atoms with Crippen LogP contribution in [0.2, 0.25) is 6.55 Å². The van der Waals surface area contributed by atoms with Gasteiger partial charge in [-0.2, -0.15) is 0 Å². The maximum atomic E-state index is 5.69. The van der Waals surface area contributed by atoms with Crippen LogP contribution in [-0.4, -0.2) is 29.5 Å². The highest BCUT2D eigenvalue weighted by Crippen LogP contribution is 2.02. The summed E-state index contributed by atoms with van der Waals surface area (Å²) in [6, 6.07) is 11.7. The van der Waals surface area contributed by atoms with Crippen molar-refractivity contribution in [3.8, 4) is 0 Å². The molecule has 13 heavy (non-hydrogen) atoms. The van der Waals surface area contributed by atoms with Crippen molar-refractivity contribution in [3.63, 3.8) is 0 Å². The molecule has 72 valence electrons. The van der Waals surface area contributed by atoms with Crippen LogP contribution in [0.5, 0.6) is 0 Å². The molecular weight excluding hydrogens is 212 g/mol. The monoisotopic (exact) mass is 228 g/mol. The lowest BCUT2D eigenvalue weighted by Gasteiger charge is -2.10. The van der Waals surface area contributed by atoms with E-state index in [1.54, 1.807) is 0 Å². The Bertz CT molecular complexity index is 230. The first-order chi connectivity index (χ1) is 6.33. The van der Waals surface area contributed by atoms with Crippen LogP contribution in [0.3, 0.4) is 0 Å². The van der Waals surface area contributed by atoms with Crippen molar-refractivity contribution in [2.24, 2.45) is 0 Å². The highest BCUT2D eigenvalue weighted by molar-refractivity contribution is 6.56. The van der Waals surface area contributed by atoms with Crippen LogP contribution in [-0.2, 0) is 14.3 Å². The van der Waals surface area contributed by atoms with Gasteiger partial charge in [0.1, 0.15) is 10.5 Å². The smallest absolute Gasteiger partial charge is 0.283 e. The van der Waals surface area contributed by atoms with Gasteiger partial charge in [0.15, 0.2) is 9.04 Å². The maximum Gasteiger partial charge on any atom is 0.283 e. The number of benzene rings is 1. The second-order valence-corrected chi connectivity index (χ2v) is 8.98. The van der Waals surface area contributed by atoms with Crippen molar-refractivity contribution in [2.75, 3.05) is 0 Å². The van der Waals surface area contributed by atoms with E-state index in [-0.39, 0.29) is 0 Å². The van der Waals surface area contributed by atoms with E-state index in [1.807, 2.05) is 6.07 Å². The molecule has 0 heterocycles. The standard InChI is InChI=1S/C8H16O2Si3/c1-13(10-12-9-11)7-8-5-3-2-4-6-8/h2-6,13H,7,12H2,1,11H3. The molecule has 0 aliphatic heterocycles. The molecule has 0 fully saturated rings. The van der Waals surface area contributed by atoms with Gasteiger partial charge in [0.25, 0.3) is 10.0 Å². The Labute approximate surface area is 86.6 Å². The summed E-state index contributed by atoms with van der Waals surface area (Å²) in [5, 5.41) is 0. The quantitative estimate of drug-likeness (QED) is 0.629. The van der Waals surface area contributed by atoms with Gasteiger partial charge in [-0.3, -0.25) is 0 Å². The molecule has 0 radical (unpaired) electrons. The molecule has 1 unspecified atom stereocenters. The minimum atomic E-state index is -0.987. The van der Waals surface area contributed by atoms with Crippen molar-refractivity contribution in [3.05, 3.63) is 35.9 Å². The molecule has 0 N–H and O–H groups in total. The predicted octanol–water partition coefficient (Wildman–Crippen LogP) is -0.566. The topological polar surface area (TPSA) is 18.5 Å². The van der Waals surface area contributed by atoms with Gasteiger partial charge in [0, 0.05) is 0 Å². The van der Waals surface area contributed by atoms with E-state index in [0.29, 0.717) is 0 Å². The van der Waals surface area contributed by atoms with Gasteiger partial charge >= 0.3 is 0 Å². The second-order valence-electron chi connectivity index (χ2n) is 3.07. The highest BCUT2D eigenvalue weighted by atomic mass is 28.4. The van der Waals surface area contributed by atoms with Gasteiger partial charge < -0.3 is 8.23 Å². The molecular formula is C8H16O2Si3. The molecule has 1 aromatic rings. The fourth-order valence-corrected chi connectivity index (χ4v) is 5.29. The van der Waals surface area contributed by atoms with Gasteiger partial charge in [-0.15, -0.1) is 0 Å². The van der Waals surface area contributed by atoms with Gasteiger partial charge in [-0.25, -0.2) is 0 Å². The zero-order valence-corrected chi connectivity index (χ0v) is 12.8. The molecule has 0 aliphatic rings. The van der Waals surface area contributed by atoms with Crippen LogP contribution in [0.1, 0.15) is 5.56 Å². The average Bonchev–Trinajstić information content (AvgIpc) is 2.16. The van der Waals surface area contributed by atoms with Crippen LogP contribution < -0.4 is 0 Å². The van der Waals surface area contributed by atoms with Gasteiger partial charge in [-0.05, 0) is 18.2 Å². The van der Waals surface area contributed by atoms with Crippen LogP contribution in [0.25, 0.3) is 0 Å². The Morgan fingerprint density at radius 3 is 2.69 bits per heavy atom. The van der Waals surface area contributed by atoms with Gasteiger partial charge in [-0.1, -0.05) is 30.3 Å². The fourth-order valence-electron chi connectivity index (χ4n) is 1.19. The van der Waals surface area contributed by atoms with Gasteiger partial charge in [0.2, 0.25) is 0 Å². The Hall–Kier alpha value is -0.209. The minimum Gasteiger partial charge on any atom is -0.449 e. The Balaban J connectivity index is 2.32. The molecule has 0 amide bonds. The molecule has 1 aromatic carbocycles. The van der Waals surface area contributed by atoms with E-state index in [1.165, 1.54) is 5.56 Å². The first-order valence-electron chi connectivity index (χ1n) is 4.47. The third-order valence-electron chi connectivity index (χ3n) is 1.84. The Morgan fingerprint density at radius 1 is 1.38 bits per heavy atom. The average molecular weight is 228 g/mol. The molecule has 0 aliphatic carbocycles. The van der Waals surface area contributed by atoms with Crippen molar-refractivity contribution in [2.45, 2.75) is 12.6 Å². The first kappa shape index (κ1) is 10.9. The molecule has 0 saturated carbocycles. The van der Waals surface area contributed by atoms with E-state index in [2.05, 4.69) is 30.8 Å². The number of hydrogen-bond acceptors (Lipinski definition) is 2. The van der Waals surface area contributed by atoms with Crippen molar-refractivity contribution in [1.29, 1.82) is 0 Å². The summed E-state index contributed by atoms with van der Waals surface area (Å²) in [7, 11) is -0.779. The van der Waals surface area contributed by atoms with E-state index in [4.69, 9.17) is 8.23 Å². The van der Waals surface area contributed by atoms with Crippen molar-refractivity contribution < 1.29 is 8.23 Å². The highest BCUT2D eigenvalue weighted by Gasteiger charge is 2.04. The summed E-state index contributed by atoms with van der Waals surface area (Å²) in [5.74, 6) is 0. The molecule has 0 saturated heterocycles. The van der Waals surface area contributed by atoms with Crippen molar-refractivity contribution in [1.82, 2.24) is 0 Å². The third-order valence-corrected chi connectivity index (χ3v) is 6.65. The molecule has 2 nitrogen and oxygen atoms in total. The van der Waals surface area contributed by atoms with Crippen LogP contribution in [0.4, 0.5) is 0 Å². The molecule has 0 bridgehead atoms. The van der Waals surface area contributed by atoms with E-state index in [0.717, 1.165) is 16.5 Å². The van der Waals surface area contributed by atoms with Crippen LogP contribution >= 0.6 is 0 Å². The number of hydrogen-bond donors (Lipinski definition) is 0. The van der Waals surface area contributed by atoms with Gasteiger partial charge in [0.05, 0.1) is 0 Å². The summed E-state index contributed by atoms with van der Waals surface area (Å²) < 4.78 is 10.8. The second kappa shape index (κ2) is 6.28. The van der Waals surface area contributed by atoms with Crippen molar-refractivity contribution >= 4 is 29.5 Å². The molecule has 0 spiro atoms. The maximum absolute atomic E-state index is 5.69. The normalized spacial score (nSPS) is 13.9. The third kappa shape index (κ3) is 4.53. The predicted molar refractivity (Wildman–Crippen MR) is 63.8 cm³/mol. The minimum absolute atomic E-state index is 0.618. The Morgan fingerprint density at radius 2 is 2.08 bits per heavy atom. The first-order valence-corrected chi connectivity index (χ1v) is 8.88. The zero-order chi connectivity index (χ0) is 9.52. The lowest BCUT2D eigenvalue weighted by Crippen LogP contribution is -2.20. The summed E-state index contributed by atoms with van der Waals surface area (Å²) in [6.07, 6.45) is 0. The molecule has 0 aromatic heterocycles. The molecule has 1 atom stereocenters. The largest absolute Gasteiger partial charge is 0.449 e. The lowest BCUT2D eigenvalue weighted by atomic mass is 10.2.